The summed E-state index contributed by atoms with van der Waals surface area (Å²) in [7, 11) is 0. The van der Waals surface area contributed by atoms with Crippen LogP contribution in [0.15, 0.2) is 28.7 Å². The molecule has 0 bridgehead atoms. The molecule has 0 spiro atoms. The summed E-state index contributed by atoms with van der Waals surface area (Å²) in [5, 5.41) is 19.1. The fourth-order valence-corrected chi connectivity index (χ4v) is 2.05. The first kappa shape index (κ1) is 14.6. The zero-order chi connectivity index (χ0) is 12.7. The Morgan fingerprint density at radius 3 is 2.41 bits per heavy atom. The highest BCUT2D eigenvalue weighted by atomic mass is 79.9. The summed E-state index contributed by atoms with van der Waals surface area (Å²) < 4.78 is 1.01. The van der Waals surface area contributed by atoms with Gasteiger partial charge in [-0.1, -0.05) is 35.0 Å². The Morgan fingerprint density at radius 2 is 1.88 bits per heavy atom. The molecule has 1 unspecified atom stereocenters. The number of halogens is 1. The van der Waals surface area contributed by atoms with Crippen molar-refractivity contribution in [2.24, 2.45) is 0 Å². The van der Waals surface area contributed by atoms with Crippen molar-refractivity contribution in [1.29, 1.82) is 0 Å². The van der Waals surface area contributed by atoms with E-state index in [1.165, 1.54) is 0 Å². The highest BCUT2D eigenvalue weighted by Crippen LogP contribution is 2.17. The Labute approximate surface area is 111 Å². The van der Waals surface area contributed by atoms with Crippen LogP contribution in [0.25, 0.3) is 0 Å². The summed E-state index contributed by atoms with van der Waals surface area (Å²) in [5.41, 5.74) is 0.909. The molecule has 0 saturated heterocycles. The summed E-state index contributed by atoms with van der Waals surface area (Å²) >= 11 is 3.37. The average molecular weight is 302 g/mol. The third-order valence-electron chi connectivity index (χ3n) is 2.64. The van der Waals surface area contributed by atoms with Crippen LogP contribution >= 0.6 is 15.9 Å². The van der Waals surface area contributed by atoms with E-state index >= 15 is 0 Å². The van der Waals surface area contributed by atoms with Gasteiger partial charge in [0.25, 0.3) is 0 Å². The summed E-state index contributed by atoms with van der Waals surface area (Å²) in [5.74, 6) is 0. The van der Waals surface area contributed by atoms with Gasteiger partial charge in [0, 0.05) is 17.6 Å². The van der Waals surface area contributed by atoms with Crippen LogP contribution in [0.1, 0.15) is 25.0 Å². The second-order valence-electron chi connectivity index (χ2n) is 4.09. The fraction of sp³-hybridized carbons (Fsp3) is 0.538. The zero-order valence-electron chi connectivity index (χ0n) is 10.1. The Kier molecular flexibility index (Phi) is 6.73. The Hall–Kier alpha value is -0.420. The number of hydrogen-bond acceptors (Lipinski definition) is 3. The van der Waals surface area contributed by atoms with Gasteiger partial charge in [-0.15, -0.1) is 0 Å². The van der Waals surface area contributed by atoms with Crippen LogP contribution < -0.4 is 0 Å². The maximum Gasteiger partial charge on any atom is 0.0916 e. The minimum atomic E-state index is -0.499. The lowest BCUT2D eigenvalue weighted by atomic mass is 10.1. The number of hydrogen-bond donors (Lipinski definition) is 2. The Morgan fingerprint density at radius 1 is 1.24 bits per heavy atom. The van der Waals surface area contributed by atoms with Crippen LogP contribution in [-0.2, 0) is 0 Å². The van der Waals surface area contributed by atoms with Gasteiger partial charge < -0.3 is 10.2 Å². The van der Waals surface area contributed by atoms with E-state index in [0.29, 0.717) is 13.1 Å². The largest absolute Gasteiger partial charge is 0.395 e. The average Bonchev–Trinajstić information content (AvgIpc) is 2.30. The molecule has 2 N–H and O–H groups in total. The highest BCUT2D eigenvalue weighted by Gasteiger charge is 2.12. The standard InChI is InChI=1S/C13H20BrNO2/c1-2-7-15(8-9-16)10-13(17)11-3-5-12(14)6-4-11/h3-6,13,16-17H,2,7-10H2,1H3. The topological polar surface area (TPSA) is 43.7 Å². The van der Waals surface area contributed by atoms with Crippen LogP contribution in [0, 0.1) is 0 Å². The van der Waals surface area contributed by atoms with Crippen LogP contribution in [0.2, 0.25) is 0 Å². The molecule has 0 aromatic heterocycles. The minimum absolute atomic E-state index is 0.132. The van der Waals surface area contributed by atoms with Crippen molar-refractivity contribution in [1.82, 2.24) is 4.90 Å². The molecule has 0 aliphatic heterocycles. The summed E-state index contributed by atoms with van der Waals surface area (Å²) in [6.45, 7) is 4.30. The van der Waals surface area contributed by atoms with Gasteiger partial charge in [-0.3, -0.25) is 4.90 Å². The number of nitrogens with zero attached hydrogens (tertiary/aromatic N) is 1. The van der Waals surface area contributed by atoms with Crippen molar-refractivity contribution in [3.63, 3.8) is 0 Å². The molecule has 1 aromatic rings. The van der Waals surface area contributed by atoms with Crippen molar-refractivity contribution in [3.05, 3.63) is 34.3 Å². The second-order valence-corrected chi connectivity index (χ2v) is 5.01. The monoisotopic (exact) mass is 301 g/mol. The molecule has 0 fully saturated rings. The van der Waals surface area contributed by atoms with E-state index in [2.05, 4.69) is 27.8 Å². The normalized spacial score (nSPS) is 13.0. The molecule has 17 heavy (non-hydrogen) atoms. The number of rotatable bonds is 7. The lowest BCUT2D eigenvalue weighted by Crippen LogP contribution is -2.32. The molecule has 0 aliphatic carbocycles. The van der Waals surface area contributed by atoms with E-state index in [-0.39, 0.29) is 6.61 Å². The van der Waals surface area contributed by atoms with Crippen molar-refractivity contribution in [2.45, 2.75) is 19.4 Å². The molecular formula is C13H20BrNO2. The van der Waals surface area contributed by atoms with E-state index in [0.717, 1.165) is 23.0 Å². The molecule has 1 aromatic carbocycles. The molecule has 1 rings (SSSR count). The second kappa shape index (κ2) is 7.82. The number of aliphatic hydroxyl groups excluding tert-OH is 2. The van der Waals surface area contributed by atoms with Crippen molar-refractivity contribution >= 4 is 15.9 Å². The molecule has 0 amide bonds. The fourth-order valence-electron chi connectivity index (χ4n) is 1.79. The SMILES string of the molecule is CCCN(CCO)CC(O)c1ccc(Br)cc1. The van der Waals surface area contributed by atoms with Crippen molar-refractivity contribution in [3.8, 4) is 0 Å². The van der Waals surface area contributed by atoms with Crippen molar-refractivity contribution < 1.29 is 10.2 Å². The first-order valence-corrected chi connectivity index (χ1v) is 6.73. The summed E-state index contributed by atoms with van der Waals surface area (Å²) in [6.07, 6.45) is 0.522. The van der Waals surface area contributed by atoms with E-state index < -0.39 is 6.10 Å². The van der Waals surface area contributed by atoms with Gasteiger partial charge in [0.2, 0.25) is 0 Å². The van der Waals surface area contributed by atoms with Gasteiger partial charge in [-0.05, 0) is 30.7 Å². The molecule has 4 heteroatoms. The van der Waals surface area contributed by atoms with Gasteiger partial charge in [0.15, 0.2) is 0 Å². The van der Waals surface area contributed by atoms with Crippen LogP contribution in [-0.4, -0.2) is 41.4 Å². The predicted molar refractivity (Wildman–Crippen MR) is 72.9 cm³/mol. The predicted octanol–water partition coefficient (Wildman–Crippen LogP) is 2.19. The lowest BCUT2D eigenvalue weighted by molar-refractivity contribution is 0.0998. The number of aliphatic hydroxyl groups is 2. The number of benzene rings is 1. The molecule has 0 saturated carbocycles. The van der Waals surface area contributed by atoms with Gasteiger partial charge in [0.1, 0.15) is 0 Å². The maximum absolute atomic E-state index is 10.1. The smallest absolute Gasteiger partial charge is 0.0916 e. The van der Waals surface area contributed by atoms with Gasteiger partial charge in [-0.25, -0.2) is 0 Å². The van der Waals surface area contributed by atoms with Crippen molar-refractivity contribution in [2.75, 3.05) is 26.2 Å². The van der Waals surface area contributed by atoms with E-state index in [1.54, 1.807) is 0 Å². The third-order valence-corrected chi connectivity index (χ3v) is 3.17. The molecule has 0 heterocycles. The van der Waals surface area contributed by atoms with Gasteiger partial charge in [0.05, 0.1) is 12.7 Å². The molecule has 3 nitrogen and oxygen atoms in total. The molecule has 0 radical (unpaired) electrons. The summed E-state index contributed by atoms with van der Waals surface area (Å²) in [6, 6.07) is 7.68. The molecule has 0 aliphatic rings. The molecular weight excluding hydrogens is 282 g/mol. The Bertz CT molecular complexity index is 310. The zero-order valence-corrected chi connectivity index (χ0v) is 11.7. The van der Waals surface area contributed by atoms with Crippen LogP contribution in [0.5, 0.6) is 0 Å². The minimum Gasteiger partial charge on any atom is -0.395 e. The van der Waals surface area contributed by atoms with Gasteiger partial charge >= 0.3 is 0 Å². The maximum atomic E-state index is 10.1. The molecule has 96 valence electrons. The third kappa shape index (κ3) is 5.17. The summed E-state index contributed by atoms with van der Waals surface area (Å²) in [4.78, 5) is 2.08. The lowest BCUT2D eigenvalue weighted by Gasteiger charge is -2.23. The van der Waals surface area contributed by atoms with E-state index in [4.69, 9.17) is 5.11 Å². The van der Waals surface area contributed by atoms with Gasteiger partial charge in [-0.2, -0.15) is 0 Å². The van der Waals surface area contributed by atoms with Crippen LogP contribution in [0.3, 0.4) is 0 Å². The highest BCUT2D eigenvalue weighted by molar-refractivity contribution is 9.10. The first-order chi connectivity index (χ1) is 8.17. The first-order valence-electron chi connectivity index (χ1n) is 5.94. The Balaban J connectivity index is 2.56. The van der Waals surface area contributed by atoms with E-state index in [1.807, 2.05) is 24.3 Å². The van der Waals surface area contributed by atoms with E-state index in [9.17, 15) is 5.11 Å². The van der Waals surface area contributed by atoms with Crippen LogP contribution in [0.4, 0.5) is 0 Å². The quantitative estimate of drug-likeness (QED) is 0.811. The molecule has 1 atom stereocenters.